The lowest BCUT2D eigenvalue weighted by atomic mass is 9.85. The minimum absolute atomic E-state index is 0.0595. The highest BCUT2D eigenvalue weighted by Crippen LogP contribution is 2.26. The van der Waals surface area contributed by atoms with Crippen molar-refractivity contribution in [2.45, 2.75) is 25.4 Å². The van der Waals surface area contributed by atoms with E-state index in [0.29, 0.717) is 5.02 Å². The minimum atomic E-state index is -0.670. The van der Waals surface area contributed by atoms with Gasteiger partial charge in [0.15, 0.2) is 0 Å². The molecular formula is C13H16ClNO2. The number of halogens is 1. The molecule has 92 valence electrons. The molecule has 2 rings (SSSR count). The predicted molar refractivity (Wildman–Crippen MR) is 66.8 cm³/mol. The first-order valence-corrected chi connectivity index (χ1v) is 6.26. The molecule has 1 saturated carbocycles. The maximum absolute atomic E-state index is 11.6. The van der Waals surface area contributed by atoms with Gasteiger partial charge in [0.25, 0.3) is 0 Å². The number of aliphatic hydroxyl groups excluding tert-OH is 1. The van der Waals surface area contributed by atoms with E-state index in [4.69, 9.17) is 11.6 Å². The Morgan fingerprint density at radius 3 is 2.59 bits per heavy atom. The molecule has 1 unspecified atom stereocenters. The van der Waals surface area contributed by atoms with Crippen molar-refractivity contribution in [3.8, 4) is 0 Å². The van der Waals surface area contributed by atoms with Gasteiger partial charge in [-0.05, 0) is 30.5 Å². The van der Waals surface area contributed by atoms with E-state index < -0.39 is 6.10 Å². The van der Waals surface area contributed by atoms with Gasteiger partial charge in [0.1, 0.15) is 0 Å². The molecule has 0 aliphatic heterocycles. The Hall–Kier alpha value is -1.06. The first-order chi connectivity index (χ1) is 8.16. The number of carbonyl (C=O) groups excluding carboxylic acids is 1. The zero-order valence-corrected chi connectivity index (χ0v) is 10.3. The van der Waals surface area contributed by atoms with E-state index >= 15 is 0 Å². The molecule has 1 fully saturated rings. The number of hydrogen-bond acceptors (Lipinski definition) is 2. The molecule has 1 aliphatic carbocycles. The van der Waals surface area contributed by atoms with Crippen molar-refractivity contribution in [2.75, 3.05) is 6.54 Å². The van der Waals surface area contributed by atoms with Crippen molar-refractivity contribution in [3.63, 3.8) is 0 Å². The van der Waals surface area contributed by atoms with Gasteiger partial charge >= 0.3 is 0 Å². The molecular weight excluding hydrogens is 238 g/mol. The first-order valence-electron chi connectivity index (χ1n) is 5.88. The van der Waals surface area contributed by atoms with Crippen LogP contribution in [-0.2, 0) is 4.79 Å². The molecule has 0 bridgehead atoms. The van der Waals surface area contributed by atoms with Gasteiger partial charge in [-0.15, -0.1) is 0 Å². The van der Waals surface area contributed by atoms with Gasteiger partial charge < -0.3 is 10.4 Å². The molecule has 0 heterocycles. The lowest BCUT2D eigenvalue weighted by molar-refractivity contribution is -0.127. The van der Waals surface area contributed by atoms with E-state index in [2.05, 4.69) is 5.32 Å². The molecule has 1 aliphatic rings. The molecule has 0 radical (unpaired) electrons. The number of aliphatic hydroxyl groups is 1. The van der Waals surface area contributed by atoms with Crippen LogP contribution in [0, 0.1) is 5.92 Å². The van der Waals surface area contributed by atoms with Crippen molar-refractivity contribution < 1.29 is 9.90 Å². The van der Waals surface area contributed by atoms with Crippen molar-refractivity contribution in [3.05, 3.63) is 34.9 Å². The molecule has 4 heteroatoms. The van der Waals surface area contributed by atoms with Gasteiger partial charge in [0.2, 0.25) is 5.91 Å². The summed E-state index contributed by atoms with van der Waals surface area (Å²) in [5.41, 5.74) is 0.767. The average molecular weight is 254 g/mol. The highest BCUT2D eigenvalue weighted by molar-refractivity contribution is 6.30. The fourth-order valence-corrected chi connectivity index (χ4v) is 1.94. The van der Waals surface area contributed by atoms with Crippen molar-refractivity contribution in [1.82, 2.24) is 5.32 Å². The Morgan fingerprint density at radius 1 is 1.41 bits per heavy atom. The molecule has 3 nitrogen and oxygen atoms in total. The molecule has 1 amide bonds. The smallest absolute Gasteiger partial charge is 0.223 e. The van der Waals surface area contributed by atoms with Crippen LogP contribution in [0.15, 0.2) is 24.3 Å². The van der Waals surface area contributed by atoms with Gasteiger partial charge in [0.05, 0.1) is 6.10 Å². The van der Waals surface area contributed by atoms with Gasteiger partial charge in [-0.1, -0.05) is 30.2 Å². The molecule has 17 heavy (non-hydrogen) atoms. The first kappa shape index (κ1) is 12.4. The fraction of sp³-hybridized carbons (Fsp3) is 0.462. The van der Waals surface area contributed by atoms with Crippen LogP contribution in [0.5, 0.6) is 0 Å². The SMILES string of the molecule is O=C(NCC(O)c1ccc(Cl)cc1)C1CCC1. The van der Waals surface area contributed by atoms with Crippen LogP contribution in [0.25, 0.3) is 0 Å². The van der Waals surface area contributed by atoms with E-state index in [1.165, 1.54) is 0 Å². The Morgan fingerprint density at radius 2 is 2.06 bits per heavy atom. The van der Waals surface area contributed by atoms with Gasteiger partial charge in [-0.3, -0.25) is 4.79 Å². The van der Waals surface area contributed by atoms with Crippen LogP contribution in [-0.4, -0.2) is 17.6 Å². The Balaban J connectivity index is 1.82. The van der Waals surface area contributed by atoms with E-state index in [0.717, 1.165) is 24.8 Å². The third-order valence-electron chi connectivity index (χ3n) is 3.20. The van der Waals surface area contributed by atoms with Gasteiger partial charge in [-0.2, -0.15) is 0 Å². The molecule has 0 aromatic heterocycles. The number of carbonyl (C=O) groups is 1. The molecule has 1 atom stereocenters. The Bertz CT molecular complexity index is 387. The lowest BCUT2D eigenvalue weighted by Gasteiger charge is -2.24. The minimum Gasteiger partial charge on any atom is -0.387 e. The quantitative estimate of drug-likeness (QED) is 0.865. The zero-order chi connectivity index (χ0) is 12.3. The highest BCUT2D eigenvalue weighted by atomic mass is 35.5. The van der Waals surface area contributed by atoms with E-state index in [9.17, 15) is 9.90 Å². The van der Waals surface area contributed by atoms with Crippen LogP contribution < -0.4 is 5.32 Å². The predicted octanol–water partition coefficient (Wildman–Crippen LogP) is 2.29. The summed E-state index contributed by atoms with van der Waals surface area (Å²) in [6.45, 7) is 0.261. The Labute approximate surface area is 106 Å². The Kier molecular flexibility index (Phi) is 4.02. The second kappa shape index (κ2) is 5.52. The number of hydrogen-bond donors (Lipinski definition) is 2. The van der Waals surface area contributed by atoms with Crippen LogP contribution in [0.1, 0.15) is 30.9 Å². The van der Waals surface area contributed by atoms with Crippen LogP contribution in [0.4, 0.5) is 0 Å². The summed E-state index contributed by atoms with van der Waals surface area (Å²) in [5, 5.41) is 13.3. The van der Waals surface area contributed by atoms with E-state index in [1.807, 2.05) is 0 Å². The van der Waals surface area contributed by atoms with Crippen molar-refractivity contribution >= 4 is 17.5 Å². The number of amides is 1. The third kappa shape index (κ3) is 3.20. The summed E-state index contributed by atoms with van der Waals surface area (Å²) in [6.07, 6.45) is 2.42. The summed E-state index contributed by atoms with van der Waals surface area (Å²) in [6, 6.07) is 6.99. The maximum Gasteiger partial charge on any atom is 0.223 e. The zero-order valence-electron chi connectivity index (χ0n) is 9.53. The summed E-state index contributed by atoms with van der Waals surface area (Å²) < 4.78 is 0. The average Bonchev–Trinajstić information content (AvgIpc) is 2.24. The monoisotopic (exact) mass is 253 g/mol. The second-order valence-electron chi connectivity index (χ2n) is 4.44. The topological polar surface area (TPSA) is 49.3 Å². The number of rotatable bonds is 4. The molecule has 2 N–H and O–H groups in total. The third-order valence-corrected chi connectivity index (χ3v) is 3.45. The largest absolute Gasteiger partial charge is 0.387 e. The fourth-order valence-electron chi connectivity index (χ4n) is 1.81. The van der Waals surface area contributed by atoms with Gasteiger partial charge in [0, 0.05) is 17.5 Å². The van der Waals surface area contributed by atoms with E-state index in [1.54, 1.807) is 24.3 Å². The summed E-state index contributed by atoms with van der Waals surface area (Å²) >= 11 is 5.76. The number of nitrogens with one attached hydrogen (secondary N) is 1. The maximum atomic E-state index is 11.6. The van der Waals surface area contributed by atoms with Gasteiger partial charge in [-0.25, -0.2) is 0 Å². The van der Waals surface area contributed by atoms with Crippen molar-refractivity contribution in [2.24, 2.45) is 5.92 Å². The lowest BCUT2D eigenvalue weighted by Crippen LogP contribution is -2.36. The molecule has 1 aromatic rings. The summed E-state index contributed by atoms with van der Waals surface area (Å²) in [5.74, 6) is 0.219. The standard InChI is InChI=1S/C13H16ClNO2/c14-11-6-4-9(5-7-11)12(16)8-15-13(17)10-2-1-3-10/h4-7,10,12,16H,1-3,8H2,(H,15,17). The van der Waals surface area contributed by atoms with E-state index in [-0.39, 0.29) is 18.4 Å². The normalized spacial score (nSPS) is 17.3. The van der Waals surface area contributed by atoms with Crippen molar-refractivity contribution in [1.29, 1.82) is 0 Å². The van der Waals surface area contributed by atoms with Crippen LogP contribution in [0.3, 0.4) is 0 Å². The summed E-state index contributed by atoms with van der Waals surface area (Å²) in [4.78, 5) is 11.6. The van der Waals surface area contributed by atoms with Crippen LogP contribution in [0.2, 0.25) is 5.02 Å². The van der Waals surface area contributed by atoms with Crippen LogP contribution >= 0.6 is 11.6 Å². The molecule has 0 saturated heterocycles. The number of benzene rings is 1. The molecule has 1 aromatic carbocycles. The summed E-state index contributed by atoms with van der Waals surface area (Å²) in [7, 11) is 0. The molecule has 0 spiro atoms. The highest BCUT2D eigenvalue weighted by Gasteiger charge is 2.25. The second-order valence-corrected chi connectivity index (χ2v) is 4.88.